The van der Waals surface area contributed by atoms with E-state index in [0.29, 0.717) is 16.9 Å². The molecule has 2 aromatic carbocycles. The molecule has 0 spiro atoms. The number of H-pyrrole nitrogens is 1. The van der Waals surface area contributed by atoms with E-state index in [0.717, 1.165) is 22.0 Å². The summed E-state index contributed by atoms with van der Waals surface area (Å²) in [7, 11) is 1.77. The lowest BCUT2D eigenvalue weighted by molar-refractivity contribution is -0.126. The molecule has 4 aromatic rings. The minimum atomic E-state index is -0.592. The summed E-state index contributed by atoms with van der Waals surface area (Å²) in [5.41, 5.74) is 4.23. The monoisotopic (exact) mass is 523 g/mol. The van der Waals surface area contributed by atoms with Crippen LogP contribution in [0.2, 0.25) is 0 Å². The number of nitrogens with zero attached hydrogens (tertiary/aromatic N) is 3. The van der Waals surface area contributed by atoms with Gasteiger partial charge in [0.25, 0.3) is 0 Å². The normalized spacial score (nSPS) is 14.0. The van der Waals surface area contributed by atoms with E-state index in [1.807, 2.05) is 67.7 Å². The molecule has 1 aliphatic heterocycles. The number of aromatic nitrogens is 2. The number of nitrogens with one attached hydrogen (secondary N) is 2. The summed E-state index contributed by atoms with van der Waals surface area (Å²) >= 11 is 0. The van der Waals surface area contributed by atoms with Crippen LogP contribution in [0.4, 0.5) is 10.6 Å². The van der Waals surface area contributed by atoms with Gasteiger partial charge in [0.15, 0.2) is 0 Å². The fraction of sp³-hybridized carbons (Fsp3) is 0.200. The predicted octanol–water partition coefficient (Wildman–Crippen LogP) is 4.89. The zero-order valence-corrected chi connectivity index (χ0v) is 21.8. The molecule has 5 rings (SSSR count). The zero-order chi connectivity index (χ0) is 27.4. The number of carbonyl (C=O) groups excluding carboxylic acids is 3. The quantitative estimate of drug-likeness (QED) is 0.350. The number of ether oxygens (including phenoxy) is 1. The molecule has 0 aliphatic carbocycles. The highest BCUT2D eigenvalue weighted by Crippen LogP contribution is 2.27. The molecule has 0 saturated carbocycles. The number of hydrogen-bond donors (Lipinski definition) is 2. The van der Waals surface area contributed by atoms with E-state index in [4.69, 9.17) is 4.74 Å². The molecule has 0 saturated heterocycles. The van der Waals surface area contributed by atoms with Gasteiger partial charge in [-0.3, -0.25) is 14.5 Å². The van der Waals surface area contributed by atoms with Crippen LogP contribution in [0.5, 0.6) is 0 Å². The van der Waals surface area contributed by atoms with E-state index in [1.165, 1.54) is 11.0 Å². The number of likely N-dealkylation sites (N-methyl/N-ethyl adjacent to an activating group) is 1. The molecule has 9 heteroatoms. The van der Waals surface area contributed by atoms with Crippen LogP contribution in [0.3, 0.4) is 0 Å². The van der Waals surface area contributed by atoms with Crippen LogP contribution in [0.15, 0.2) is 79.1 Å². The third kappa shape index (κ3) is 5.82. The van der Waals surface area contributed by atoms with Crippen molar-refractivity contribution in [1.82, 2.24) is 19.8 Å². The van der Waals surface area contributed by atoms with Crippen LogP contribution in [-0.2, 0) is 27.5 Å². The number of benzene rings is 2. The number of anilines is 1. The summed E-state index contributed by atoms with van der Waals surface area (Å²) in [4.78, 5) is 48.7. The van der Waals surface area contributed by atoms with E-state index in [9.17, 15) is 14.4 Å². The van der Waals surface area contributed by atoms with Crippen molar-refractivity contribution >= 4 is 40.7 Å². The van der Waals surface area contributed by atoms with Gasteiger partial charge in [0, 0.05) is 42.0 Å². The highest BCUT2D eigenvalue weighted by Gasteiger charge is 2.25. The molecular weight excluding hydrogens is 494 g/mol. The van der Waals surface area contributed by atoms with E-state index in [1.54, 1.807) is 30.3 Å². The highest BCUT2D eigenvalue weighted by atomic mass is 16.6. The van der Waals surface area contributed by atoms with Crippen LogP contribution in [-0.4, -0.2) is 51.3 Å². The minimum Gasteiger partial charge on any atom is -0.445 e. The Labute approximate surface area is 226 Å². The topological polar surface area (TPSA) is 108 Å². The molecule has 0 radical (unpaired) electrons. The van der Waals surface area contributed by atoms with Crippen molar-refractivity contribution < 1.29 is 19.1 Å². The van der Waals surface area contributed by atoms with Gasteiger partial charge in [-0.2, -0.15) is 0 Å². The van der Waals surface area contributed by atoms with E-state index < -0.39 is 6.09 Å². The zero-order valence-electron chi connectivity index (χ0n) is 21.8. The maximum absolute atomic E-state index is 13.0. The number of rotatable bonds is 6. The summed E-state index contributed by atoms with van der Waals surface area (Å²) in [6.07, 6.45) is 6.10. The van der Waals surface area contributed by atoms with Crippen LogP contribution in [0, 0.1) is 0 Å². The van der Waals surface area contributed by atoms with Gasteiger partial charge in [-0.1, -0.05) is 48.5 Å². The van der Waals surface area contributed by atoms with Crippen molar-refractivity contribution in [1.29, 1.82) is 0 Å². The third-order valence-corrected chi connectivity index (χ3v) is 6.82. The second kappa shape index (κ2) is 11.2. The molecule has 39 heavy (non-hydrogen) atoms. The summed E-state index contributed by atoms with van der Waals surface area (Å²) in [5, 5.41) is 3.82. The molecular formula is C30H29N5O4. The molecule has 1 unspecified atom stereocenters. The Balaban J connectivity index is 1.27. The molecule has 1 atom stereocenters. The van der Waals surface area contributed by atoms with Gasteiger partial charge in [0.05, 0.1) is 12.6 Å². The Morgan fingerprint density at radius 1 is 1.13 bits per heavy atom. The maximum Gasteiger partial charge on any atom is 0.410 e. The SMILES string of the molecule is CC(c1c[nH]c2ccccc12)N(C)C(=O)/C=C/c1cnc2c(c1)CN(C(=O)OCc1ccccc1)CC(=O)N2. The van der Waals surface area contributed by atoms with Crippen LogP contribution >= 0.6 is 0 Å². The first-order valence-corrected chi connectivity index (χ1v) is 12.6. The summed E-state index contributed by atoms with van der Waals surface area (Å²) in [5.74, 6) is -0.140. The number of carbonyl (C=O) groups is 3. The van der Waals surface area contributed by atoms with Crippen LogP contribution in [0.1, 0.15) is 35.2 Å². The highest BCUT2D eigenvalue weighted by molar-refractivity contribution is 5.95. The Kier molecular flexibility index (Phi) is 7.40. The molecule has 3 amide bonds. The van der Waals surface area contributed by atoms with Gasteiger partial charge in [-0.25, -0.2) is 9.78 Å². The van der Waals surface area contributed by atoms with Crippen molar-refractivity contribution in [2.75, 3.05) is 18.9 Å². The first kappa shape index (κ1) is 25.7. The van der Waals surface area contributed by atoms with E-state index >= 15 is 0 Å². The lowest BCUT2D eigenvalue weighted by Crippen LogP contribution is -2.35. The van der Waals surface area contributed by atoms with Crippen molar-refractivity contribution in [3.63, 3.8) is 0 Å². The number of amides is 3. The van der Waals surface area contributed by atoms with Crippen LogP contribution < -0.4 is 5.32 Å². The molecule has 2 N–H and O–H groups in total. The number of para-hydroxylation sites is 1. The average Bonchev–Trinajstić information content (AvgIpc) is 3.31. The van der Waals surface area contributed by atoms with Crippen LogP contribution in [0.25, 0.3) is 17.0 Å². The van der Waals surface area contributed by atoms with Crippen molar-refractivity contribution in [2.45, 2.75) is 26.1 Å². The average molecular weight is 524 g/mol. The fourth-order valence-electron chi connectivity index (χ4n) is 4.52. The predicted molar refractivity (Wildman–Crippen MR) is 148 cm³/mol. The second-order valence-corrected chi connectivity index (χ2v) is 9.47. The Bertz CT molecular complexity index is 1550. The molecule has 0 bridgehead atoms. The molecule has 1 aliphatic rings. The van der Waals surface area contributed by atoms with E-state index in [-0.39, 0.29) is 37.6 Å². The number of pyridine rings is 1. The van der Waals surface area contributed by atoms with Crippen molar-refractivity contribution in [2.24, 2.45) is 0 Å². The maximum atomic E-state index is 13.0. The van der Waals surface area contributed by atoms with Gasteiger partial charge < -0.3 is 19.9 Å². The van der Waals surface area contributed by atoms with Gasteiger partial charge >= 0.3 is 6.09 Å². The second-order valence-electron chi connectivity index (χ2n) is 9.47. The summed E-state index contributed by atoms with van der Waals surface area (Å²) in [6, 6.07) is 19.0. The molecule has 9 nitrogen and oxygen atoms in total. The first-order valence-electron chi connectivity index (χ1n) is 12.6. The Morgan fingerprint density at radius 3 is 2.72 bits per heavy atom. The summed E-state index contributed by atoms with van der Waals surface area (Å²) < 4.78 is 5.42. The Morgan fingerprint density at radius 2 is 1.90 bits per heavy atom. The Hall–Kier alpha value is -4.92. The van der Waals surface area contributed by atoms with Gasteiger partial charge in [-0.05, 0) is 41.8 Å². The molecule has 0 fully saturated rings. The van der Waals surface area contributed by atoms with Crippen molar-refractivity contribution in [3.8, 4) is 0 Å². The number of hydrogen-bond acceptors (Lipinski definition) is 5. The summed E-state index contributed by atoms with van der Waals surface area (Å²) in [6.45, 7) is 2.09. The molecule has 198 valence electrons. The number of fused-ring (bicyclic) bond motifs is 2. The van der Waals surface area contributed by atoms with Gasteiger partial charge in [0.1, 0.15) is 19.0 Å². The lowest BCUT2D eigenvalue weighted by atomic mass is 10.1. The lowest BCUT2D eigenvalue weighted by Gasteiger charge is -2.23. The van der Waals surface area contributed by atoms with Crippen molar-refractivity contribution in [3.05, 3.63) is 101 Å². The molecule has 2 aromatic heterocycles. The third-order valence-electron chi connectivity index (χ3n) is 6.82. The molecule has 3 heterocycles. The minimum absolute atomic E-state index is 0.109. The smallest absolute Gasteiger partial charge is 0.410 e. The standard InChI is InChI=1S/C30H29N5O4/c1-20(25-16-31-26-11-7-6-10-24(25)26)34(2)28(37)13-12-22-14-23-17-35(18-27(36)33-29(23)32-15-22)30(38)39-19-21-8-4-3-5-9-21/h3-16,20,31H,17-19H2,1-2H3,(H,32,33,36)/b13-12+. The number of aromatic amines is 1. The van der Waals surface area contributed by atoms with Gasteiger partial charge in [0.2, 0.25) is 11.8 Å². The fourth-order valence-corrected chi connectivity index (χ4v) is 4.52. The largest absolute Gasteiger partial charge is 0.445 e. The van der Waals surface area contributed by atoms with E-state index in [2.05, 4.69) is 15.3 Å². The van der Waals surface area contributed by atoms with Gasteiger partial charge in [-0.15, -0.1) is 0 Å². The first-order chi connectivity index (χ1) is 18.9.